The summed E-state index contributed by atoms with van der Waals surface area (Å²) in [5.74, 6) is -0.0162. The van der Waals surface area contributed by atoms with Gasteiger partial charge in [-0.15, -0.1) is 0 Å². The summed E-state index contributed by atoms with van der Waals surface area (Å²) in [7, 11) is 0. The van der Waals surface area contributed by atoms with Gasteiger partial charge in [0.25, 0.3) is 5.91 Å². The first-order valence-electron chi connectivity index (χ1n) is 7.65. The van der Waals surface area contributed by atoms with Crippen molar-refractivity contribution in [2.45, 2.75) is 33.2 Å². The highest BCUT2D eigenvalue weighted by Gasteiger charge is 2.30. The lowest BCUT2D eigenvalue weighted by Gasteiger charge is -2.27. The van der Waals surface area contributed by atoms with E-state index in [1.165, 1.54) is 6.07 Å². The number of amides is 1. The number of nitrogens with one attached hydrogen (secondary N) is 1. The zero-order valence-corrected chi connectivity index (χ0v) is 14.2. The fraction of sp³-hybridized carbons (Fsp3) is 0.389. The molecule has 2 aromatic rings. The summed E-state index contributed by atoms with van der Waals surface area (Å²) in [6.45, 7) is 6.98. The van der Waals surface area contributed by atoms with E-state index in [0.717, 1.165) is 10.9 Å². The van der Waals surface area contributed by atoms with Crippen LogP contribution in [0.15, 0.2) is 33.5 Å². The Bertz CT molecular complexity index is 863. The second-order valence-corrected chi connectivity index (χ2v) is 6.21. The first kappa shape index (κ1) is 17.5. The summed E-state index contributed by atoms with van der Waals surface area (Å²) < 4.78 is 10.6. The molecule has 1 aromatic carbocycles. The van der Waals surface area contributed by atoms with Crippen LogP contribution in [0, 0.1) is 24.2 Å². The summed E-state index contributed by atoms with van der Waals surface area (Å²) in [6.07, 6.45) is 0. The second kappa shape index (κ2) is 6.75. The second-order valence-electron chi connectivity index (χ2n) is 6.21. The molecule has 0 aliphatic rings. The van der Waals surface area contributed by atoms with Crippen molar-refractivity contribution in [3.63, 3.8) is 0 Å². The van der Waals surface area contributed by atoms with E-state index in [0.29, 0.717) is 11.3 Å². The SMILES string of the molecule is Cc1cc(=O)oc2cc(OCC(=O)N[C@](C)(C#N)C(C)C)ccc12. The van der Waals surface area contributed by atoms with E-state index >= 15 is 0 Å². The van der Waals surface area contributed by atoms with Gasteiger partial charge in [-0.2, -0.15) is 5.26 Å². The highest BCUT2D eigenvalue weighted by Crippen LogP contribution is 2.22. The van der Waals surface area contributed by atoms with Gasteiger partial charge in [-0.1, -0.05) is 13.8 Å². The van der Waals surface area contributed by atoms with Crippen molar-refractivity contribution in [2.75, 3.05) is 6.61 Å². The molecular formula is C18H20N2O4. The quantitative estimate of drug-likeness (QED) is 0.851. The highest BCUT2D eigenvalue weighted by atomic mass is 16.5. The van der Waals surface area contributed by atoms with E-state index in [4.69, 9.17) is 9.15 Å². The van der Waals surface area contributed by atoms with Crippen LogP contribution < -0.4 is 15.7 Å². The zero-order chi connectivity index (χ0) is 17.9. The molecule has 1 amide bonds. The average molecular weight is 328 g/mol. The summed E-state index contributed by atoms with van der Waals surface area (Å²) in [5, 5.41) is 12.7. The molecule has 0 aliphatic heterocycles. The Morgan fingerprint density at radius 1 is 1.42 bits per heavy atom. The van der Waals surface area contributed by atoms with Crippen LogP contribution >= 0.6 is 0 Å². The summed E-state index contributed by atoms with van der Waals surface area (Å²) >= 11 is 0. The van der Waals surface area contributed by atoms with Crippen molar-refractivity contribution in [1.29, 1.82) is 5.26 Å². The molecule has 6 nitrogen and oxygen atoms in total. The van der Waals surface area contributed by atoms with Crippen molar-refractivity contribution < 1.29 is 13.9 Å². The molecule has 0 spiro atoms. The molecule has 126 valence electrons. The van der Waals surface area contributed by atoms with Gasteiger partial charge < -0.3 is 14.5 Å². The highest BCUT2D eigenvalue weighted by molar-refractivity contribution is 5.82. The van der Waals surface area contributed by atoms with Gasteiger partial charge in [-0.05, 0) is 37.5 Å². The normalized spacial score (nSPS) is 13.3. The number of ether oxygens (including phenoxy) is 1. The minimum absolute atomic E-state index is 0.0376. The van der Waals surface area contributed by atoms with Gasteiger partial charge in [0, 0.05) is 17.5 Å². The van der Waals surface area contributed by atoms with Gasteiger partial charge >= 0.3 is 5.63 Å². The van der Waals surface area contributed by atoms with E-state index in [1.54, 1.807) is 25.1 Å². The van der Waals surface area contributed by atoms with Crippen molar-refractivity contribution >= 4 is 16.9 Å². The monoisotopic (exact) mass is 328 g/mol. The Labute approximate surface area is 140 Å². The van der Waals surface area contributed by atoms with E-state index in [-0.39, 0.29) is 12.5 Å². The zero-order valence-electron chi connectivity index (χ0n) is 14.2. The van der Waals surface area contributed by atoms with Gasteiger partial charge in [0.2, 0.25) is 0 Å². The molecule has 6 heteroatoms. The van der Waals surface area contributed by atoms with Crippen LogP contribution in [-0.2, 0) is 4.79 Å². The average Bonchev–Trinajstić information content (AvgIpc) is 2.52. The maximum atomic E-state index is 12.0. The third-order valence-corrected chi connectivity index (χ3v) is 4.08. The van der Waals surface area contributed by atoms with Gasteiger partial charge in [-0.25, -0.2) is 4.79 Å². The number of benzene rings is 1. The van der Waals surface area contributed by atoms with E-state index in [9.17, 15) is 14.9 Å². The minimum atomic E-state index is -0.951. The topological polar surface area (TPSA) is 92.3 Å². The number of rotatable bonds is 5. The van der Waals surface area contributed by atoms with Crippen LogP contribution in [-0.4, -0.2) is 18.1 Å². The van der Waals surface area contributed by atoms with Gasteiger partial charge in [0.05, 0.1) is 6.07 Å². The molecule has 0 fully saturated rings. The van der Waals surface area contributed by atoms with Crippen molar-refractivity contribution in [2.24, 2.45) is 5.92 Å². The first-order valence-corrected chi connectivity index (χ1v) is 7.65. The molecule has 1 heterocycles. The molecule has 1 aromatic heterocycles. The number of fused-ring (bicyclic) bond motifs is 1. The van der Waals surface area contributed by atoms with Gasteiger partial charge in [0.1, 0.15) is 16.9 Å². The standard InChI is InChI=1S/C18H20N2O4/c1-11(2)18(4,10-19)20-16(21)9-23-13-5-6-14-12(3)7-17(22)24-15(14)8-13/h5-8,11H,9H2,1-4H3,(H,20,21)/t18-/m1/s1. The molecule has 24 heavy (non-hydrogen) atoms. The first-order chi connectivity index (χ1) is 11.2. The number of carbonyl (C=O) groups is 1. The molecule has 1 N–H and O–H groups in total. The predicted molar refractivity (Wildman–Crippen MR) is 89.7 cm³/mol. The van der Waals surface area contributed by atoms with Crippen molar-refractivity contribution in [3.05, 3.63) is 40.2 Å². The molecule has 0 saturated carbocycles. The Hall–Kier alpha value is -2.81. The van der Waals surface area contributed by atoms with Gasteiger partial charge in [0.15, 0.2) is 6.61 Å². The third-order valence-electron chi connectivity index (χ3n) is 4.08. The van der Waals surface area contributed by atoms with Crippen molar-refractivity contribution in [1.82, 2.24) is 5.32 Å². The maximum Gasteiger partial charge on any atom is 0.336 e. The Kier molecular flexibility index (Phi) is 4.93. The number of nitriles is 1. The Morgan fingerprint density at radius 3 is 2.75 bits per heavy atom. The van der Waals surface area contributed by atoms with Crippen LogP contribution in [0.2, 0.25) is 0 Å². The molecule has 0 radical (unpaired) electrons. The van der Waals surface area contributed by atoms with Crippen LogP contribution in [0.1, 0.15) is 26.3 Å². The van der Waals surface area contributed by atoms with E-state index in [2.05, 4.69) is 11.4 Å². The smallest absolute Gasteiger partial charge is 0.336 e. The van der Waals surface area contributed by atoms with E-state index < -0.39 is 17.1 Å². The van der Waals surface area contributed by atoms with Crippen LogP contribution in [0.3, 0.4) is 0 Å². The molecular weight excluding hydrogens is 308 g/mol. The molecule has 0 aliphatic carbocycles. The van der Waals surface area contributed by atoms with Crippen LogP contribution in [0.5, 0.6) is 5.75 Å². The van der Waals surface area contributed by atoms with E-state index in [1.807, 2.05) is 20.8 Å². The Balaban J connectivity index is 2.10. The number of hydrogen-bond donors (Lipinski definition) is 1. The summed E-state index contributed by atoms with van der Waals surface area (Å²) in [4.78, 5) is 23.4. The molecule has 1 atom stereocenters. The lowest BCUT2D eigenvalue weighted by Crippen LogP contribution is -2.50. The lowest BCUT2D eigenvalue weighted by atomic mass is 9.90. The predicted octanol–water partition coefficient (Wildman–Crippen LogP) is 2.53. The lowest BCUT2D eigenvalue weighted by molar-refractivity contribution is -0.124. The number of carbonyl (C=O) groups excluding carboxylic acids is 1. The largest absolute Gasteiger partial charge is 0.484 e. The van der Waals surface area contributed by atoms with Crippen LogP contribution in [0.4, 0.5) is 0 Å². The van der Waals surface area contributed by atoms with Crippen LogP contribution in [0.25, 0.3) is 11.0 Å². The molecule has 0 saturated heterocycles. The molecule has 0 unspecified atom stereocenters. The van der Waals surface area contributed by atoms with Crippen molar-refractivity contribution in [3.8, 4) is 11.8 Å². The maximum absolute atomic E-state index is 12.0. The number of aryl methyl sites for hydroxylation is 1. The number of hydrogen-bond acceptors (Lipinski definition) is 5. The Morgan fingerprint density at radius 2 is 2.12 bits per heavy atom. The fourth-order valence-corrected chi connectivity index (χ4v) is 2.17. The molecule has 2 rings (SSSR count). The molecule has 0 bridgehead atoms. The van der Waals surface area contributed by atoms with Gasteiger partial charge in [-0.3, -0.25) is 4.79 Å². The third kappa shape index (κ3) is 3.74. The summed E-state index contributed by atoms with van der Waals surface area (Å²) in [5.41, 5.74) is -0.167. The fourth-order valence-electron chi connectivity index (χ4n) is 2.17. The minimum Gasteiger partial charge on any atom is -0.484 e. The summed E-state index contributed by atoms with van der Waals surface area (Å²) in [6, 6.07) is 8.58. The number of nitrogens with zero attached hydrogens (tertiary/aromatic N) is 1.